The van der Waals surface area contributed by atoms with Gasteiger partial charge in [-0.2, -0.15) is 0 Å². The molecule has 1 aromatic rings. The molecule has 1 saturated heterocycles. The Balaban J connectivity index is 2.09. The summed E-state index contributed by atoms with van der Waals surface area (Å²) < 4.78 is 0. The van der Waals surface area contributed by atoms with Crippen molar-refractivity contribution in [3.63, 3.8) is 0 Å². The van der Waals surface area contributed by atoms with Gasteiger partial charge >= 0.3 is 0 Å². The van der Waals surface area contributed by atoms with Gasteiger partial charge in [0.25, 0.3) is 0 Å². The third kappa shape index (κ3) is 2.60. The first-order valence-corrected chi connectivity index (χ1v) is 7.21. The molecule has 0 aliphatic carbocycles. The first-order valence-electron chi connectivity index (χ1n) is 7.21. The van der Waals surface area contributed by atoms with Crippen molar-refractivity contribution in [3.8, 4) is 0 Å². The molecule has 0 amide bonds. The number of piperidine rings is 1. The van der Waals surface area contributed by atoms with Gasteiger partial charge < -0.3 is 10.6 Å². The summed E-state index contributed by atoms with van der Waals surface area (Å²) in [4.78, 5) is 2.61. The number of rotatable bonds is 4. The van der Waals surface area contributed by atoms with Gasteiger partial charge in [-0.1, -0.05) is 37.3 Å². The number of nitrogens with zero attached hydrogens (tertiary/aromatic N) is 1. The van der Waals surface area contributed by atoms with Crippen LogP contribution in [0.25, 0.3) is 0 Å². The standard InChI is InChI=1S/C16H26N2/c1-3-14(2)18-11-9-16(13-17,10-12-18)15-7-5-4-6-8-15/h4-8,14H,3,9-13,17H2,1-2H3. The van der Waals surface area contributed by atoms with Crippen LogP contribution in [0.1, 0.15) is 38.7 Å². The van der Waals surface area contributed by atoms with Crippen LogP contribution < -0.4 is 5.73 Å². The molecule has 2 nitrogen and oxygen atoms in total. The van der Waals surface area contributed by atoms with Crippen molar-refractivity contribution in [2.24, 2.45) is 5.73 Å². The lowest BCUT2D eigenvalue weighted by Crippen LogP contribution is -2.49. The largest absolute Gasteiger partial charge is 0.330 e. The van der Waals surface area contributed by atoms with Crippen LogP contribution in [0.15, 0.2) is 30.3 Å². The predicted molar refractivity (Wildman–Crippen MR) is 77.7 cm³/mol. The molecule has 0 bridgehead atoms. The fourth-order valence-electron chi connectivity index (χ4n) is 3.05. The van der Waals surface area contributed by atoms with Gasteiger partial charge in [-0.25, -0.2) is 0 Å². The third-order valence-corrected chi connectivity index (χ3v) is 4.75. The summed E-state index contributed by atoms with van der Waals surface area (Å²) in [7, 11) is 0. The number of likely N-dealkylation sites (tertiary alicyclic amines) is 1. The summed E-state index contributed by atoms with van der Waals surface area (Å²) in [5.41, 5.74) is 7.75. The SMILES string of the molecule is CCC(C)N1CCC(CN)(c2ccccc2)CC1. The minimum atomic E-state index is 0.214. The Morgan fingerprint density at radius 2 is 1.83 bits per heavy atom. The highest BCUT2D eigenvalue weighted by Crippen LogP contribution is 2.35. The average Bonchev–Trinajstić information content (AvgIpc) is 2.47. The van der Waals surface area contributed by atoms with E-state index in [2.05, 4.69) is 49.1 Å². The molecular weight excluding hydrogens is 220 g/mol. The Kier molecular flexibility index (Phi) is 4.41. The van der Waals surface area contributed by atoms with Gasteiger partial charge in [0.05, 0.1) is 0 Å². The fraction of sp³-hybridized carbons (Fsp3) is 0.625. The summed E-state index contributed by atoms with van der Waals surface area (Å²) in [6.07, 6.45) is 3.62. The minimum Gasteiger partial charge on any atom is -0.330 e. The van der Waals surface area contributed by atoms with Crippen molar-refractivity contribution < 1.29 is 0 Å². The fourth-order valence-corrected chi connectivity index (χ4v) is 3.05. The molecule has 1 heterocycles. The lowest BCUT2D eigenvalue weighted by molar-refractivity contribution is 0.122. The lowest BCUT2D eigenvalue weighted by atomic mass is 9.72. The van der Waals surface area contributed by atoms with Crippen molar-refractivity contribution in [2.75, 3.05) is 19.6 Å². The van der Waals surface area contributed by atoms with Gasteiger partial charge in [-0.3, -0.25) is 0 Å². The van der Waals surface area contributed by atoms with E-state index in [0.717, 1.165) is 6.54 Å². The Morgan fingerprint density at radius 1 is 1.22 bits per heavy atom. The molecule has 0 spiro atoms. The highest BCUT2D eigenvalue weighted by Gasteiger charge is 2.35. The summed E-state index contributed by atoms with van der Waals surface area (Å²) in [6.45, 7) is 7.73. The second-order valence-electron chi connectivity index (χ2n) is 5.64. The second kappa shape index (κ2) is 5.85. The van der Waals surface area contributed by atoms with Gasteiger partial charge in [-0.15, -0.1) is 0 Å². The molecule has 0 aromatic heterocycles. The molecule has 18 heavy (non-hydrogen) atoms. The summed E-state index contributed by atoms with van der Waals surface area (Å²) in [6, 6.07) is 11.5. The van der Waals surface area contributed by atoms with E-state index in [0.29, 0.717) is 6.04 Å². The Bertz CT molecular complexity index is 353. The lowest BCUT2D eigenvalue weighted by Gasteiger charge is -2.43. The van der Waals surface area contributed by atoms with E-state index >= 15 is 0 Å². The molecule has 2 N–H and O–H groups in total. The quantitative estimate of drug-likeness (QED) is 0.885. The van der Waals surface area contributed by atoms with E-state index in [9.17, 15) is 0 Å². The van der Waals surface area contributed by atoms with Crippen LogP contribution in [0.5, 0.6) is 0 Å². The topological polar surface area (TPSA) is 29.3 Å². The molecule has 1 aliphatic heterocycles. The number of hydrogen-bond acceptors (Lipinski definition) is 2. The maximum absolute atomic E-state index is 6.11. The van der Waals surface area contributed by atoms with Crippen molar-refractivity contribution in [1.82, 2.24) is 4.90 Å². The molecule has 2 rings (SSSR count). The molecule has 1 unspecified atom stereocenters. The Hall–Kier alpha value is -0.860. The van der Waals surface area contributed by atoms with E-state index in [4.69, 9.17) is 5.73 Å². The zero-order chi connectivity index (χ0) is 13.0. The van der Waals surface area contributed by atoms with Crippen molar-refractivity contribution in [3.05, 3.63) is 35.9 Å². The molecule has 0 saturated carbocycles. The molecule has 2 heteroatoms. The van der Waals surface area contributed by atoms with E-state index < -0.39 is 0 Å². The van der Waals surface area contributed by atoms with Crippen molar-refractivity contribution in [1.29, 1.82) is 0 Å². The van der Waals surface area contributed by atoms with Crippen LogP contribution in [-0.4, -0.2) is 30.6 Å². The third-order valence-electron chi connectivity index (χ3n) is 4.75. The zero-order valence-electron chi connectivity index (χ0n) is 11.7. The van der Waals surface area contributed by atoms with Crippen LogP contribution in [0.2, 0.25) is 0 Å². The van der Waals surface area contributed by atoms with E-state index in [1.54, 1.807) is 0 Å². The molecular formula is C16H26N2. The van der Waals surface area contributed by atoms with Crippen LogP contribution in [0.3, 0.4) is 0 Å². The number of hydrogen-bond donors (Lipinski definition) is 1. The summed E-state index contributed by atoms with van der Waals surface area (Å²) >= 11 is 0. The molecule has 1 aromatic carbocycles. The highest BCUT2D eigenvalue weighted by molar-refractivity contribution is 5.26. The second-order valence-corrected chi connectivity index (χ2v) is 5.64. The molecule has 0 radical (unpaired) electrons. The number of benzene rings is 1. The summed E-state index contributed by atoms with van der Waals surface area (Å²) in [5.74, 6) is 0. The highest BCUT2D eigenvalue weighted by atomic mass is 15.2. The van der Waals surface area contributed by atoms with Crippen molar-refractivity contribution >= 4 is 0 Å². The average molecular weight is 246 g/mol. The van der Waals surface area contributed by atoms with Crippen LogP contribution in [-0.2, 0) is 5.41 Å². The van der Waals surface area contributed by atoms with Gasteiger partial charge in [0.2, 0.25) is 0 Å². The molecule has 1 fully saturated rings. The smallest absolute Gasteiger partial charge is 0.00998 e. The van der Waals surface area contributed by atoms with Crippen molar-refractivity contribution in [2.45, 2.75) is 44.6 Å². The molecule has 1 aliphatic rings. The van der Waals surface area contributed by atoms with Gasteiger partial charge in [0.1, 0.15) is 0 Å². The first kappa shape index (κ1) is 13.6. The van der Waals surface area contributed by atoms with E-state index in [1.807, 2.05) is 0 Å². The van der Waals surface area contributed by atoms with E-state index in [1.165, 1.54) is 37.9 Å². The molecule has 100 valence electrons. The van der Waals surface area contributed by atoms with Crippen LogP contribution in [0.4, 0.5) is 0 Å². The predicted octanol–water partition coefficient (Wildman–Crippen LogP) is 2.78. The molecule has 1 atom stereocenters. The van der Waals surface area contributed by atoms with Crippen LogP contribution in [0, 0.1) is 0 Å². The maximum Gasteiger partial charge on any atom is 0.00998 e. The minimum absolute atomic E-state index is 0.214. The van der Waals surface area contributed by atoms with Gasteiger partial charge in [-0.05, 0) is 44.8 Å². The first-order chi connectivity index (χ1) is 8.72. The van der Waals surface area contributed by atoms with Gasteiger partial charge in [0.15, 0.2) is 0 Å². The van der Waals surface area contributed by atoms with E-state index in [-0.39, 0.29) is 5.41 Å². The Labute approximate surface area is 111 Å². The van der Waals surface area contributed by atoms with Gasteiger partial charge in [0, 0.05) is 18.0 Å². The maximum atomic E-state index is 6.11. The monoisotopic (exact) mass is 246 g/mol. The number of nitrogens with two attached hydrogens (primary N) is 1. The van der Waals surface area contributed by atoms with Crippen LogP contribution >= 0.6 is 0 Å². The summed E-state index contributed by atoms with van der Waals surface area (Å²) in [5, 5.41) is 0. The Morgan fingerprint density at radius 3 is 2.33 bits per heavy atom. The zero-order valence-corrected chi connectivity index (χ0v) is 11.7. The normalized spacial score (nSPS) is 21.7.